The average molecular weight is 322 g/mol. The maximum Gasteiger partial charge on any atom is 0.264 e. The molecule has 3 nitrogen and oxygen atoms in total. The monoisotopic (exact) mass is 321 g/mol. The average Bonchev–Trinajstić information content (AvgIpc) is 2.46. The number of benzene rings is 2. The highest BCUT2D eigenvalue weighted by Gasteiger charge is 2.28. The van der Waals surface area contributed by atoms with Gasteiger partial charge in [0, 0.05) is 11.6 Å². The summed E-state index contributed by atoms with van der Waals surface area (Å²) in [7, 11) is -3.51. The third kappa shape index (κ3) is 2.65. The van der Waals surface area contributed by atoms with Gasteiger partial charge in [-0.1, -0.05) is 29.3 Å². The Morgan fingerprint density at radius 1 is 1.10 bits per heavy atom. The van der Waals surface area contributed by atoms with Gasteiger partial charge >= 0.3 is 0 Å². The van der Waals surface area contributed by atoms with Crippen LogP contribution in [0.2, 0.25) is 5.02 Å². The van der Waals surface area contributed by atoms with E-state index in [1.807, 2.05) is 25.1 Å². The first-order chi connectivity index (χ1) is 9.98. The summed E-state index contributed by atoms with van der Waals surface area (Å²) < 4.78 is 27.2. The summed E-state index contributed by atoms with van der Waals surface area (Å²) in [6, 6.07) is 12.3. The molecule has 0 bridgehead atoms. The highest BCUT2D eigenvalue weighted by molar-refractivity contribution is 7.92. The first-order valence-corrected chi connectivity index (χ1v) is 8.68. The van der Waals surface area contributed by atoms with E-state index in [2.05, 4.69) is 0 Å². The third-order valence-corrected chi connectivity index (χ3v) is 5.79. The van der Waals surface area contributed by atoms with Crippen molar-refractivity contribution in [1.82, 2.24) is 0 Å². The highest BCUT2D eigenvalue weighted by Crippen LogP contribution is 2.33. The molecule has 2 aromatic carbocycles. The molecule has 5 heteroatoms. The molecule has 1 aliphatic heterocycles. The smallest absolute Gasteiger partial charge is 0.264 e. The second-order valence-electron chi connectivity index (χ2n) is 5.27. The van der Waals surface area contributed by atoms with E-state index in [9.17, 15) is 8.42 Å². The van der Waals surface area contributed by atoms with Gasteiger partial charge in [0.05, 0.1) is 10.6 Å². The van der Waals surface area contributed by atoms with E-state index >= 15 is 0 Å². The summed E-state index contributed by atoms with van der Waals surface area (Å²) >= 11 is 6.01. The summed E-state index contributed by atoms with van der Waals surface area (Å²) in [6.45, 7) is 2.44. The number of sulfonamides is 1. The van der Waals surface area contributed by atoms with Gasteiger partial charge in [-0.15, -0.1) is 0 Å². The molecule has 110 valence electrons. The van der Waals surface area contributed by atoms with E-state index in [-0.39, 0.29) is 0 Å². The van der Waals surface area contributed by atoms with Crippen LogP contribution in [0.1, 0.15) is 17.5 Å². The molecule has 3 rings (SSSR count). The molecular weight excluding hydrogens is 306 g/mol. The molecule has 0 unspecified atom stereocenters. The van der Waals surface area contributed by atoms with E-state index < -0.39 is 10.0 Å². The minimum absolute atomic E-state index is 0.330. The summed E-state index contributed by atoms with van der Waals surface area (Å²) in [5, 5.41) is 0.642. The van der Waals surface area contributed by atoms with Gasteiger partial charge in [0.15, 0.2) is 0 Å². The maximum absolute atomic E-state index is 12.8. The molecule has 21 heavy (non-hydrogen) atoms. The van der Waals surface area contributed by atoms with Crippen LogP contribution in [0, 0.1) is 6.92 Å². The first-order valence-electron chi connectivity index (χ1n) is 6.86. The predicted molar refractivity (Wildman–Crippen MR) is 85.5 cm³/mol. The summed E-state index contributed by atoms with van der Waals surface area (Å²) in [6.07, 6.45) is 1.66. The van der Waals surface area contributed by atoms with Gasteiger partial charge in [-0.25, -0.2) is 8.42 Å². The van der Waals surface area contributed by atoms with E-state index in [4.69, 9.17) is 11.6 Å². The van der Waals surface area contributed by atoms with Crippen LogP contribution in [-0.4, -0.2) is 15.0 Å². The molecule has 0 saturated carbocycles. The highest BCUT2D eigenvalue weighted by atomic mass is 35.5. The number of fused-ring (bicyclic) bond motifs is 1. The third-order valence-electron chi connectivity index (χ3n) is 3.73. The van der Waals surface area contributed by atoms with Crippen molar-refractivity contribution < 1.29 is 8.42 Å². The fraction of sp³-hybridized carbons (Fsp3) is 0.250. The summed E-state index contributed by atoms with van der Waals surface area (Å²) in [4.78, 5) is 0.330. The molecule has 1 heterocycles. The summed E-state index contributed by atoms with van der Waals surface area (Å²) in [5.74, 6) is 0. The minimum Gasteiger partial charge on any atom is -0.266 e. The number of anilines is 1. The lowest BCUT2D eigenvalue weighted by Gasteiger charge is -2.30. The molecule has 0 atom stereocenters. The standard InChI is InChI=1S/C16H16ClNO2S/c1-12-4-7-15(8-5-12)21(19,20)18-10-2-3-13-11-14(17)6-9-16(13)18/h4-9,11H,2-3,10H2,1H3. The number of hydrogen-bond donors (Lipinski definition) is 0. The van der Waals surface area contributed by atoms with E-state index in [0.29, 0.717) is 16.5 Å². The number of aryl methyl sites for hydroxylation is 2. The van der Waals surface area contributed by atoms with Gasteiger partial charge in [-0.2, -0.15) is 0 Å². The Hall–Kier alpha value is -1.52. The van der Waals surface area contributed by atoms with Crippen LogP contribution in [-0.2, 0) is 16.4 Å². The lowest BCUT2D eigenvalue weighted by Crippen LogP contribution is -2.35. The normalized spacial score (nSPS) is 14.9. The molecule has 0 saturated heterocycles. The van der Waals surface area contributed by atoms with Gasteiger partial charge in [-0.3, -0.25) is 4.31 Å². The molecule has 0 fully saturated rings. The Balaban J connectivity index is 2.07. The summed E-state index contributed by atoms with van der Waals surface area (Å²) in [5.41, 5.74) is 2.77. The van der Waals surface area contributed by atoms with Gasteiger partial charge in [0.25, 0.3) is 10.0 Å². The number of nitrogens with zero attached hydrogens (tertiary/aromatic N) is 1. The van der Waals surface area contributed by atoms with Gasteiger partial charge < -0.3 is 0 Å². The number of halogens is 1. The van der Waals surface area contributed by atoms with Crippen LogP contribution in [0.3, 0.4) is 0 Å². The van der Waals surface area contributed by atoms with Crippen LogP contribution >= 0.6 is 11.6 Å². The first kappa shape index (κ1) is 14.4. The van der Waals surface area contributed by atoms with Gasteiger partial charge in [0.2, 0.25) is 0 Å². The molecule has 2 aromatic rings. The van der Waals surface area contributed by atoms with Crippen molar-refractivity contribution >= 4 is 27.3 Å². The quantitative estimate of drug-likeness (QED) is 0.844. The van der Waals surface area contributed by atoms with Crippen molar-refractivity contribution in [2.24, 2.45) is 0 Å². The number of hydrogen-bond acceptors (Lipinski definition) is 2. The Morgan fingerprint density at radius 2 is 1.81 bits per heavy atom. The second kappa shape index (κ2) is 5.35. The van der Waals surface area contributed by atoms with Crippen molar-refractivity contribution in [3.63, 3.8) is 0 Å². The molecule has 0 aromatic heterocycles. The fourth-order valence-corrected chi connectivity index (χ4v) is 4.35. The maximum atomic E-state index is 12.8. The molecule has 0 radical (unpaired) electrons. The molecular formula is C16H16ClNO2S. The van der Waals surface area contributed by atoms with Crippen molar-refractivity contribution in [1.29, 1.82) is 0 Å². The molecule has 0 amide bonds. The zero-order valence-corrected chi connectivity index (χ0v) is 13.3. The Morgan fingerprint density at radius 3 is 2.52 bits per heavy atom. The van der Waals surface area contributed by atoms with E-state index in [1.54, 1.807) is 24.3 Å². The second-order valence-corrected chi connectivity index (χ2v) is 7.57. The van der Waals surface area contributed by atoms with E-state index in [0.717, 1.165) is 29.7 Å². The Bertz CT molecular complexity index is 769. The van der Waals surface area contributed by atoms with Gasteiger partial charge in [-0.05, 0) is 55.7 Å². The van der Waals surface area contributed by atoms with Crippen molar-refractivity contribution in [3.8, 4) is 0 Å². The Labute approximate surface area is 130 Å². The van der Waals surface area contributed by atoms with Crippen LogP contribution in [0.5, 0.6) is 0 Å². The topological polar surface area (TPSA) is 37.4 Å². The number of rotatable bonds is 2. The van der Waals surface area contributed by atoms with Crippen LogP contribution < -0.4 is 4.31 Å². The molecule has 0 aliphatic carbocycles. The van der Waals surface area contributed by atoms with E-state index in [1.165, 1.54) is 4.31 Å². The SMILES string of the molecule is Cc1ccc(S(=O)(=O)N2CCCc3cc(Cl)ccc32)cc1. The minimum atomic E-state index is -3.51. The zero-order valence-electron chi connectivity index (χ0n) is 11.7. The van der Waals surface area contributed by atoms with Crippen molar-refractivity contribution in [2.45, 2.75) is 24.7 Å². The zero-order chi connectivity index (χ0) is 15.0. The van der Waals surface area contributed by atoms with Crippen molar-refractivity contribution in [2.75, 3.05) is 10.8 Å². The van der Waals surface area contributed by atoms with Crippen LogP contribution in [0.15, 0.2) is 47.4 Å². The Kier molecular flexibility index (Phi) is 3.68. The largest absolute Gasteiger partial charge is 0.266 e. The molecule has 0 spiro atoms. The molecule has 1 aliphatic rings. The van der Waals surface area contributed by atoms with Crippen molar-refractivity contribution in [3.05, 3.63) is 58.6 Å². The van der Waals surface area contributed by atoms with Crippen LogP contribution in [0.4, 0.5) is 5.69 Å². The lowest BCUT2D eigenvalue weighted by molar-refractivity contribution is 0.586. The lowest BCUT2D eigenvalue weighted by atomic mass is 10.0. The van der Waals surface area contributed by atoms with Crippen LogP contribution in [0.25, 0.3) is 0 Å². The fourth-order valence-electron chi connectivity index (χ4n) is 2.62. The van der Waals surface area contributed by atoms with Gasteiger partial charge in [0.1, 0.15) is 0 Å². The predicted octanol–water partition coefficient (Wildman–Crippen LogP) is 3.79. The molecule has 0 N–H and O–H groups in total.